The Hall–Kier alpha value is -1.49. The number of carbonyl (C=O) groups is 2. The summed E-state index contributed by atoms with van der Waals surface area (Å²) in [5.41, 5.74) is 0. The highest BCUT2D eigenvalue weighted by Crippen LogP contribution is 2.13. The monoisotopic (exact) mass is 309 g/mol. The molecule has 1 amide bonds. The van der Waals surface area contributed by atoms with Gasteiger partial charge >= 0.3 is 0 Å². The summed E-state index contributed by atoms with van der Waals surface area (Å²) in [6.45, 7) is 2.88. The normalized spacial score (nSPS) is 10.9. The van der Waals surface area contributed by atoms with E-state index < -0.39 is 0 Å². The van der Waals surface area contributed by atoms with E-state index >= 15 is 0 Å². The van der Waals surface area contributed by atoms with E-state index in [2.05, 4.69) is 12.2 Å². The van der Waals surface area contributed by atoms with Gasteiger partial charge in [-0.1, -0.05) is 50.8 Å². The van der Waals surface area contributed by atoms with E-state index in [1.165, 1.54) is 43.4 Å². The standard InChI is InChI=1S/C16H23NO3S/c1-2-3-4-5-6-7-11-17-15(18)10-13-21-16(19)14-9-8-12-20-14/h8-10,12-13H,2-7,11H2,1H3,(H,17,18). The van der Waals surface area contributed by atoms with Crippen LogP contribution in [0, 0.1) is 0 Å². The molecular weight excluding hydrogens is 286 g/mol. The first-order valence-corrected chi connectivity index (χ1v) is 8.31. The van der Waals surface area contributed by atoms with Crippen LogP contribution in [0.3, 0.4) is 0 Å². The summed E-state index contributed by atoms with van der Waals surface area (Å²) in [6.07, 6.45) is 10.0. The van der Waals surface area contributed by atoms with Crippen molar-refractivity contribution in [2.75, 3.05) is 6.54 Å². The molecule has 0 saturated heterocycles. The van der Waals surface area contributed by atoms with Crippen LogP contribution in [-0.2, 0) is 4.79 Å². The Bertz CT molecular complexity index is 440. The second kappa shape index (κ2) is 11.2. The first kappa shape index (κ1) is 17.6. The first-order valence-electron chi connectivity index (χ1n) is 7.43. The molecule has 0 fully saturated rings. The molecule has 116 valence electrons. The lowest BCUT2D eigenvalue weighted by Gasteiger charge is -2.02. The predicted molar refractivity (Wildman–Crippen MR) is 86.2 cm³/mol. The Kier molecular flexibility index (Phi) is 9.37. The molecule has 1 aromatic rings. The van der Waals surface area contributed by atoms with Gasteiger partial charge in [-0.15, -0.1) is 0 Å². The summed E-state index contributed by atoms with van der Waals surface area (Å²) in [6, 6.07) is 3.26. The summed E-state index contributed by atoms with van der Waals surface area (Å²) >= 11 is 0.941. The van der Waals surface area contributed by atoms with Crippen LogP contribution >= 0.6 is 11.8 Å². The topological polar surface area (TPSA) is 59.3 Å². The van der Waals surface area contributed by atoms with Gasteiger partial charge in [-0.3, -0.25) is 9.59 Å². The van der Waals surface area contributed by atoms with Crippen molar-refractivity contribution in [1.29, 1.82) is 0 Å². The molecule has 0 atom stereocenters. The van der Waals surface area contributed by atoms with E-state index in [9.17, 15) is 9.59 Å². The maximum Gasteiger partial charge on any atom is 0.258 e. The molecule has 0 bridgehead atoms. The highest BCUT2D eigenvalue weighted by molar-refractivity contribution is 8.16. The molecule has 1 N–H and O–H groups in total. The van der Waals surface area contributed by atoms with Crippen LogP contribution in [0.2, 0.25) is 0 Å². The van der Waals surface area contributed by atoms with Gasteiger partial charge in [0.05, 0.1) is 6.26 Å². The summed E-state index contributed by atoms with van der Waals surface area (Å²) in [4.78, 5) is 23.1. The lowest BCUT2D eigenvalue weighted by Crippen LogP contribution is -2.21. The fraction of sp³-hybridized carbons (Fsp3) is 0.500. The van der Waals surface area contributed by atoms with Crippen molar-refractivity contribution < 1.29 is 14.0 Å². The molecule has 1 heterocycles. The van der Waals surface area contributed by atoms with Crippen LogP contribution in [0.4, 0.5) is 0 Å². The SMILES string of the molecule is CCCCCCCCNC(=O)C=CSC(=O)c1ccco1. The molecule has 4 nitrogen and oxygen atoms in total. The number of amides is 1. The van der Waals surface area contributed by atoms with Gasteiger partial charge in [0.2, 0.25) is 5.91 Å². The maximum absolute atomic E-state index is 11.6. The van der Waals surface area contributed by atoms with Crippen molar-refractivity contribution in [2.24, 2.45) is 0 Å². The van der Waals surface area contributed by atoms with Crippen molar-refractivity contribution in [3.63, 3.8) is 0 Å². The summed E-state index contributed by atoms with van der Waals surface area (Å²) in [7, 11) is 0. The number of hydrogen-bond acceptors (Lipinski definition) is 4. The fourth-order valence-corrected chi connectivity index (χ4v) is 2.33. The van der Waals surface area contributed by atoms with Crippen molar-refractivity contribution >= 4 is 22.8 Å². The molecule has 1 aromatic heterocycles. The molecule has 0 unspecified atom stereocenters. The number of furan rings is 1. The van der Waals surface area contributed by atoms with Gasteiger partial charge in [0, 0.05) is 12.6 Å². The van der Waals surface area contributed by atoms with Crippen LogP contribution < -0.4 is 5.32 Å². The Balaban J connectivity index is 2.05. The van der Waals surface area contributed by atoms with Gasteiger partial charge in [0.25, 0.3) is 5.12 Å². The number of thioether (sulfide) groups is 1. The summed E-state index contributed by atoms with van der Waals surface area (Å²) in [5.74, 6) is 0.125. The molecule has 0 radical (unpaired) electrons. The Morgan fingerprint density at radius 1 is 1.24 bits per heavy atom. The highest BCUT2D eigenvalue weighted by atomic mass is 32.2. The third-order valence-corrected chi connectivity index (χ3v) is 3.63. The molecule has 0 spiro atoms. The second-order valence-electron chi connectivity index (χ2n) is 4.74. The molecular formula is C16H23NO3S. The Morgan fingerprint density at radius 2 is 2.00 bits per heavy atom. The van der Waals surface area contributed by atoms with Crippen LogP contribution in [0.25, 0.3) is 0 Å². The zero-order chi connectivity index (χ0) is 15.3. The number of unbranched alkanes of at least 4 members (excludes halogenated alkanes) is 5. The highest BCUT2D eigenvalue weighted by Gasteiger charge is 2.07. The molecule has 0 aliphatic carbocycles. The first-order chi connectivity index (χ1) is 10.2. The third kappa shape index (κ3) is 8.40. The minimum Gasteiger partial charge on any atom is -0.460 e. The predicted octanol–water partition coefficient (Wildman–Crippen LogP) is 4.14. The van der Waals surface area contributed by atoms with E-state index in [4.69, 9.17) is 4.42 Å². The molecule has 0 aliphatic heterocycles. The average molecular weight is 309 g/mol. The van der Waals surface area contributed by atoms with Gasteiger partial charge in [0.1, 0.15) is 0 Å². The zero-order valence-corrected chi connectivity index (χ0v) is 13.3. The van der Waals surface area contributed by atoms with E-state index in [0.29, 0.717) is 6.54 Å². The zero-order valence-electron chi connectivity index (χ0n) is 12.5. The van der Waals surface area contributed by atoms with Gasteiger partial charge in [0.15, 0.2) is 5.76 Å². The lowest BCUT2D eigenvalue weighted by atomic mass is 10.1. The lowest BCUT2D eigenvalue weighted by molar-refractivity contribution is -0.116. The molecule has 0 aliphatic rings. The van der Waals surface area contributed by atoms with Crippen LogP contribution in [-0.4, -0.2) is 17.6 Å². The van der Waals surface area contributed by atoms with Crippen molar-refractivity contribution in [3.05, 3.63) is 35.6 Å². The van der Waals surface area contributed by atoms with Gasteiger partial charge in [-0.2, -0.15) is 0 Å². The second-order valence-corrected chi connectivity index (χ2v) is 5.62. The summed E-state index contributed by atoms with van der Waals surface area (Å²) < 4.78 is 4.97. The Morgan fingerprint density at radius 3 is 2.71 bits per heavy atom. The molecule has 0 aromatic carbocycles. The number of hydrogen-bond donors (Lipinski definition) is 1. The average Bonchev–Trinajstić information content (AvgIpc) is 3.00. The van der Waals surface area contributed by atoms with Crippen LogP contribution in [0.15, 0.2) is 34.3 Å². The van der Waals surface area contributed by atoms with Crippen molar-refractivity contribution in [2.45, 2.75) is 45.4 Å². The van der Waals surface area contributed by atoms with Crippen molar-refractivity contribution in [3.8, 4) is 0 Å². The number of nitrogens with one attached hydrogen (secondary N) is 1. The number of carbonyl (C=O) groups excluding carboxylic acids is 2. The largest absolute Gasteiger partial charge is 0.460 e. The van der Waals surface area contributed by atoms with Crippen LogP contribution in [0.1, 0.15) is 56.0 Å². The van der Waals surface area contributed by atoms with E-state index in [0.717, 1.165) is 24.6 Å². The Labute approximate surface area is 130 Å². The van der Waals surface area contributed by atoms with Gasteiger partial charge < -0.3 is 9.73 Å². The van der Waals surface area contributed by atoms with E-state index in [1.54, 1.807) is 12.1 Å². The molecule has 5 heteroatoms. The van der Waals surface area contributed by atoms with Gasteiger partial charge in [-0.25, -0.2) is 0 Å². The molecule has 21 heavy (non-hydrogen) atoms. The van der Waals surface area contributed by atoms with Crippen LogP contribution in [0.5, 0.6) is 0 Å². The minimum atomic E-state index is -0.208. The smallest absolute Gasteiger partial charge is 0.258 e. The van der Waals surface area contributed by atoms with E-state index in [1.807, 2.05) is 0 Å². The fourth-order valence-electron chi connectivity index (χ4n) is 1.79. The number of rotatable bonds is 10. The van der Waals surface area contributed by atoms with Gasteiger partial charge in [-0.05, 0) is 24.0 Å². The molecule has 0 saturated carbocycles. The van der Waals surface area contributed by atoms with Crippen molar-refractivity contribution in [1.82, 2.24) is 5.32 Å². The minimum absolute atomic E-state index is 0.164. The summed E-state index contributed by atoms with van der Waals surface area (Å²) in [5, 5.41) is 4.09. The maximum atomic E-state index is 11.6. The van der Waals surface area contributed by atoms with E-state index in [-0.39, 0.29) is 16.8 Å². The third-order valence-electron chi connectivity index (χ3n) is 2.95. The molecule has 1 rings (SSSR count). The quantitative estimate of drug-likeness (QED) is 0.521.